The number of hydrogen-bond donors (Lipinski definition) is 3. The number of hydrogen-bond acceptors (Lipinski definition) is 5. The number of nitrogens with one attached hydrogen (secondary N) is 3. The van der Waals surface area contributed by atoms with E-state index in [1.54, 1.807) is 24.3 Å². The summed E-state index contributed by atoms with van der Waals surface area (Å²) >= 11 is 0. The predicted molar refractivity (Wildman–Crippen MR) is 80.0 cm³/mol. The molecule has 0 unspecified atom stereocenters. The first-order valence-electron chi connectivity index (χ1n) is 6.31. The highest BCUT2D eigenvalue weighted by molar-refractivity contribution is 6.43. The Labute approximate surface area is 126 Å². The summed E-state index contributed by atoms with van der Waals surface area (Å²) in [6, 6.07) is 8.01. The summed E-state index contributed by atoms with van der Waals surface area (Å²) in [7, 11) is 0. The molecule has 0 aliphatic rings. The Morgan fingerprint density at radius 3 is 2.09 bits per heavy atom. The van der Waals surface area contributed by atoms with E-state index in [4.69, 9.17) is 0 Å². The molecule has 1 heterocycles. The summed E-state index contributed by atoms with van der Waals surface area (Å²) in [5, 5.41) is 7.26. The Balaban J connectivity index is 1.99. The van der Waals surface area contributed by atoms with E-state index in [0.29, 0.717) is 11.4 Å². The van der Waals surface area contributed by atoms with Gasteiger partial charge in [-0.2, -0.15) is 0 Å². The van der Waals surface area contributed by atoms with Gasteiger partial charge in [0.05, 0.1) is 0 Å². The molecular weight excluding hydrogens is 286 g/mol. The van der Waals surface area contributed by atoms with E-state index in [1.807, 2.05) is 0 Å². The maximum Gasteiger partial charge on any atom is 0.316 e. The fraction of sp³-hybridized carbons (Fsp3) is 0.0714. The molecule has 8 heteroatoms. The minimum Gasteiger partial charge on any atom is -0.326 e. The zero-order valence-electron chi connectivity index (χ0n) is 11.7. The molecule has 22 heavy (non-hydrogen) atoms. The lowest BCUT2D eigenvalue weighted by Crippen LogP contribution is -2.29. The summed E-state index contributed by atoms with van der Waals surface area (Å²) in [4.78, 5) is 42.0. The molecule has 0 saturated carbocycles. The van der Waals surface area contributed by atoms with Crippen LogP contribution in [-0.2, 0) is 14.4 Å². The number of carbonyl (C=O) groups is 3. The van der Waals surface area contributed by atoms with Gasteiger partial charge in [0.2, 0.25) is 11.9 Å². The number of rotatable bonds is 3. The van der Waals surface area contributed by atoms with Crippen molar-refractivity contribution in [2.24, 2.45) is 0 Å². The first-order chi connectivity index (χ1) is 10.5. The molecule has 8 nitrogen and oxygen atoms in total. The van der Waals surface area contributed by atoms with Crippen LogP contribution in [0.25, 0.3) is 0 Å². The quantitative estimate of drug-likeness (QED) is 0.732. The molecule has 0 bridgehead atoms. The van der Waals surface area contributed by atoms with Crippen LogP contribution in [-0.4, -0.2) is 27.7 Å². The first-order valence-corrected chi connectivity index (χ1v) is 6.31. The third-order valence-electron chi connectivity index (χ3n) is 2.44. The molecule has 3 amide bonds. The maximum atomic E-state index is 11.8. The fourth-order valence-electron chi connectivity index (χ4n) is 1.59. The zero-order valence-corrected chi connectivity index (χ0v) is 11.7. The maximum absolute atomic E-state index is 11.8. The summed E-state index contributed by atoms with van der Waals surface area (Å²) in [6.45, 7) is 1.37. The summed E-state index contributed by atoms with van der Waals surface area (Å²) in [6.07, 6.45) is 2.88. The Bertz CT molecular complexity index is 703. The van der Waals surface area contributed by atoms with Gasteiger partial charge < -0.3 is 10.6 Å². The second-order valence-electron chi connectivity index (χ2n) is 4.24. The molecule has 0 spiro atoms. The highest BCUT2D eigenvalue weighted by Gasteiger charge is 2.15. The number of aromatic nitrogens is 2. The van der Waals surface area contributed by atoms with Crippen molar-refractivity contribution in [3.63, 3.8) is 0 Å². The van der Waals surface area contributed by atoms with Crippen LogP contribution in [0, 0.1) is 0 Å². The number of anilines is 3. The van der Waals surface area contributed by atoms with Gasteiger partial charge >= 0.3 is 11.8 Å². The van der Waals surface area contributed by atoms with Gasteiger partial charge in [0.1, 0.15) is 0 Å². The molecule has 0 aliphatic heterocycles. The SMILES string of the molecule is CC(=O)Nc1cccc(NC(=O)C(=O)Nc2ncccn2)c1. The topological polar surface area (TPSA) is 113 Å². The molecule has 0 saturated heterocycles. The van der Waals surface area contributed by atoms with Crippen molar-refractivity contribution < 1.29 is 14.4 Å². The van der Waals surface area contributed by atoms with Gasteiger partial charge in [-0.3, -0.25) is 19.7 Å². The molecular formula is C14H13N5O3. The number of nitrogens with zero attached hydrogens (tertiary/aromatic N) is 2. The van der Waals surface area contributed by atoms with Crippen molar-refractivity contribution in [1.82, 2.24) is 9.97 Å². The second kappa shape index (κ2) is 6.93. The van der Waals surface area contributed by atoms with Crippen LogP contribution >= 0.6 is 0 Å². The molecule has 2 rings (SSSR count). The normalized spacial score (nSPS) is 9.68. The van der Waals surface area contributed by atoms with Crippen molar-refractivity contribution in [2.75, 3.05) is 16.0 Å². The Kier molecular flexibility index (Phi) is 4.76. The molecule has 0 fully saturated rings. The van der Waals surface area contributed by atoms with E-state index < -0.39 is 11.8 Å². The lowest BCUT2D eigenvalue weighted by molar-refractivity contribution is -0.133. The number of benzene rings is 1. The van der Waals surface area contributed by atoms with Gasteiger partial charge in [-0.1, -0.05) is 6.07 Å². The highest BCUT2D eigenvalue weighted by atomic mass is 16.2. The van der Waals surface area contributed by atoms with Crippen molar-refractivity contribution >= 4 is 35.0 Å². The minimum atomic E-state index is -0.892. The lowest BCUT2D eigenvalue weighted by Gasteiger charge is -2.07. The highest BCUT2D eigenvalue weighted by Crippen LogP contribution is 2.15. The molecule has 1 aromatic heterocycles. The van der Waals surface area contributed by atoms with Gasteiger partial charge in [-0.25, -0.2) is 9.97 Å². The minimum absolute atomic E-state index is 0.0367. The van der Waals surface area contributed by atoms with Gasteiger partial charge in [0.25, 0.3) is 0 Å². The van der Waals surface area contributed by atoms with E-state index in [0.717, 1.165) is 0 Å². The van der Waals surface area contributed by atoms with Crippen LogP contribution in [0.15, 0.2) is 42.7 Å². The van der Waals surface area contributed by atoms with Crippen molar-refractivity contribution in [1.29, 1.82) is 0 Å². The van der Waals surface area contributed by atoms with E-state index in [9.17, 15) is 14.4 Å². The lowest BCUT2D eigenvalue weighted by atomic mass is 10.2. The van der Waals surface area contributed by atoms with Crippen LogP contribution in [0.5, 0.6) is 0 Å². The third kappa shape index (κ3) is 4.37. The van der Waals surface area contributed by atoms with E-state index in [2.05, 4.69) is 25.9 Å². The summed E-state index contributed by atoms with van der Waals surface area (Å²) in [5.41, 5.74) is 0.887. The smallest absolute Gasteiger partial charge is 0.316 e. The van der Waals surface area contributed by atoms with Gasteiger partial charge in [0.15, 0.2) is 0 Å². The largest absolute Gasteiger partial charge is 0.326 e. The molecule has 2 aromatic rings. The molecule has 0 aliphatic carbocycles. The van der Waals surface area contributed by atoms with Crippen LogP contribution in [0.4, 0.5) is 17.3 Å². The third-order valence-corrected chi connectivity index (χ3v) is 2.44. The van der Waals surface area contributed by atoms with Crippen LogP contribution in [0.3, 0.4) is 0 Å². The van der Waals surface area contributed by atoms with Crippen LogP contribution in [0.1, 0.15) is 6.92 Å². The van der Waals surface area contributed by atoms with Crippen molar-refractivity contribution in [3.8, 4) is 0 Å². The molecule has 1 aromatic carbocycles. The monoisotopic (exact) mass is 299 g/mol. The Hall–Kier alpha value is -3.29. The van der Waals surface area contributed by atoms with Crippen LogP contribution < -0.4 is 16.0 Å². The van der Waals surface area contributed by atoms with Gasteiger partial charge in [-0.05, 0) is 24.3 Å². The number of carbonyl (C=O) groups excluding carboxylic acids is 3. The average molecular weight is 299 g/mol. The van der Waals surface area contributed by atoms with E-state index in [-0.39, 0.29) is 11.9 Å². The molecule has 112 valence electrons. The fourth-order valence-corrected chi connectivity index (χ4v) is 1.59. The molecule has 0 atom stereocenters. The standard InChI is InChI=1S/C14H13N5O3/c1-9(20)17-10-4-2-5-11(8-10)18-12(21)13(22)19-14-15-6-3-7-16-14/h2-8H,1H3,(H,17,20)(H,18,21)(H,15,16,19,22). The van der Waals surface area contributed by atoms with E-state index >= 15 is 0 Å². The Morgan fingerprint density at radius 1 is 0.864 bits per heavy atom. The van der Waals surface area contributed by atoms with Crippen molar-refractivity contribution in [3.05, 3.63) is 42.7 Å². The molecule has 3 N–H and O–H groups in total. The Morgan fingerprint density at radius 2 is 1.45 bits per heavy atom. The van der Waals surface area contributed by atoms with Gasteiger partial charge in [0, 0.05) is 30.7 Å². The summed E-state index contributed by atoms with van der Waals surface area (Å²) < 4.78 is 0. The van der Waals surface area contributed by atoms with E-state index in [1.165, 1.54) is 25.4 Å². The van der Waals surface area contributed by atoms with Crippen LogP contribution in [0.2, 0.25) is 0 Å². The van der Waals surface area contributed by atoms with Gasteiger partial charge in [-0.15, -0.1) is 0 Å². The molecule has 0 radical (unpaired) electrons. The zero-order chi connectivity index (χ0) is 15.9. The number of amides is 3. The van der Waals surface area contributed by atoms with Crippen molar-refractivity contribution in [2.45, 2.75) is 6.92 Å². The predicted octanol–water partition coefficient (Wildman–Crippen LogP) is 1.01. The summed E-state index contributed by atoms with van der Waals surface area (Å²) in [5.74, 6) is -1.96. The average Bonchev–Trinajstić information content (AvgIpc) is 2.48. The first kappa shape index (κ1) is 15.1. The second-order valence-corrected chi connectivity index (χ2v) is 4.24.